The average molecular weight is 277 g/mol. The minimum atomic E-state index is 0.555. The van der Waals surface area contributed by atoms with E-state index in [-0.39, 0.29) is 0 Å². The normalized spacial score (nSPS) is 23.8. The Balaban J connectivity index is 2.22. The zero-order valence-corrected chi connectivity index (χ0v) is 13.5. The van der Waals surface area contributed by atoms with Gasteiger partial charge in [-0.3, -0.25) is 4.68 Å². The van der Waals surface area contributed by atoms with Crippen LogP contribution in [0.4, 0.5) is 0 Å². The third-order valence-electron chi connectivity index (χ3n) is 4.54. The van der Waals surface area contributed by atoms with Crippen LogP contribution in [0.1, 0.15) is 76.7 Å². The molecule has 0 radical (unpaired) electrons. The van der Waals surface area contributed by atoms with Gasteiger partial charge in [0, 0.05) is 11.7 Å². The maximum absolute atomic E-state index is 4.90. The zero-order chi connectivity index (χ0) is 14.4. The highest BCUT2D eigenvalue weighted by Gasteiger charge is 2.26. The molecule has 114 valence electrons. The van der Waals surface area contributed by atoms with Gasteiger partial charge in [-0.2, -0.15) is 5.10 Å². The van der Waals surface area contributed by atoms with Crippen molar-refractivity contribution in [2.24, 2.45) is 0 Å². The SMILES string of the molecule is CCCNC1CCCCCC1n1nc(CC)cc1CC. The molecule has 0 aromatic carbocycles. The fourth-order valence-corrected chi connectivity index (χ4v) is 3.36. The summed E-state index contributed by atoms with van der Waals surface area (Å²) in [6.45, 7) is 7.83. The Morgan fingerprint density at radius 1 is 1.15 bits per heavy atom. The molecule has 2 unspecified atom stereocenters. The van der Waals surface area contributed by atoms with Gasteiger partial charge in [0.05, 0.1) is 11.7 Å². The van der Waals surface area contributed by atoms with Crippen LogP contribution < -0.4 is 5.32 Å². The molecular formula is C17H31N3. The maximum atomic E-state index is 4.90. The lowest BCUT2D eigenvalue weighted by Gasteiger charge is -2.28. The van der Waals surface area contributed by atoms with Crippen LogP contribution in [0.15, 0.2) is 6.07 Å². The summed E-state index contributed by atoms with van der Waals surface area (Å²) in [6, 6.07) is 3.47. The maximum Gasteiger partial charge on any atom is 0.0675 e. The van der Waals surface area contributed by atoms with Crippen molar-refractivity contribution in [3.63, 3.8) is 0 Å². The Morgan fingerprint density at radius 2 is 1.95 bits per heavy atom. The Labute approximate surface area is 124 Å². The van der Waals surface area contributed by atoms with Gasteiger partial charge in [0.25, 0.3) is 0 Å². The second-order valence-corrected chi connectivity index (χ2v) is 6.04. The van der Waals surface area contributed by atoms with Crippen LogP contribution in [0, 0.1) is 0 Å². The number of nitrogens with zero attached hydrogens (tertiary/aromatic N) is 2. The van der Waals surface area contributed by atoms with Crippen LogP contribution in [0.3, 0.4) is 0 Å². The summed E-state index contributed by atoms with van der Waals surface area (Å²) in [6.07, 6.45) is 10.0. The van der Waals surface area contributed by atoms with Gasteiger partial charge in [-0.25, -0.2) is 0 Å². The Kier molecular flexibility index (Phi) is 6.08. The number of nitrogens with one attached hydrogen (secondary N) is 1. The van der Waals surface area contributed by atoms with E-state index in [1.54, 1.807) is 0 Å². The van der Waals surface area contributed by atoms with Gasteiger partial charge in [0.1, 0.15) is 0 Å². The largest absolute Gasteiger partial charge is 0.312 e. The van der Waals surface area contributed by atoms with Crippen LogP contribution in [-0.2, 0) is 12.8 Å². The first-order chi connectivity index (χ1) is 9.80. The van der Waals surface area contributed by atoms with Crippen LogP contribution in [0.5, 0.6) is 0 Å². The average Bonchev–Trinajstić information content (AvgIpc) is 2.76. The highest BCUT2D eigenvalue weighted by molar-refractivity contribution is 5.12. The molecular weight excluding hydrogens is 246 g/mol. The second-order valence-electron chi connectivity index (χ2n) is 6.04. The van der Waals surface area contributed by atoms with E-state index in [9.17, 15) is 0 Å². The van der Waals surface area contributed by atoms with Gasteiger partial charge in [-0.1, -0.05) is 40.0 Å². The molecule has 1 saturated carbocycles. The molecule has 3 heteroatoms. The number of hydrogen-bond donors (Lipinski definition) is 1. The molecule has 1 aromatic rings. The van der Waals surface area contributed by atoms with Gasteiger partial charge < -0.3 is 5.32 Å². The first-order valence-corrected chi connectivity index (χ1v) is 8.60. The van der Waals surface area contributed by atoms with E-state index >= 15 is 0 Å². The standard InChI is InChI=1S/C17H31N3/c1-4-12-18-16-10-8-7-9-11-17(16)20-15(6-3)13-14(5-2)19-20/h13,16-18H,4-12H2,1-3H3. The molecule has 2 rings (SSSR count). The number of aromatic nitrogens is 2. The lowest BCUT2D eigenvalue weighted by atomic mass is 10.0. The Hall–Kier alpha value is -0.830. The minimum absolute atomic E-state index is 0.555. The fourth-order valence-electron chi connectivity index (χ4n) is 3.36. The van der Waals surface area contributed by atoms with Crippen LogP contribution in [0.2, 0.25) is 0 Å². The molecule has 1 heterocycles. The molecule has 0 bridgehead atoms. The third kappa shape index (κ3) is 3.63. The van der Waals surface area contributed by atoms with Crippen LogP contribution in [-0.4, -0.2) is 22.4 Å². The molecule has 1 aliphatic rings. The lowest BCUT2D eigenvalue weighted by molar-refractivity contribution is 0.302. The van der Waals surface area contributed by atoms with Crippen molar-refractivity contribution >= 4 is 0 Å². The smallest absolute Gasteiger partial charge is 0.0675 e. The quantitative estimate of drug-likeness (QED) is 0.800. The molecule has 2 atom stereocenters. The summed E-state index contributed by atoms with van der Waals surface area (Å²) in [5.41, 5.74) is 2.66. The van der Waals surface area contributed by atoms with E-state index in [0.29, 0.717) is 12.1 Å². The topological polar surface area (TPSA) is 29.9 Å². The first-order valence-electron chi connectivity index (χ1n) is 8.60. The summed E-state index contributed by atoms with van der Waals surface area (Å²) in [4.78, 5) is 0. The fraction of sp³-hybridized carbons (Fsp3) is 0.824. The Morgan fingerprint density at radius 3 is 2.65 bits per heavy atom. The summed E-state index contributed by atoms with van der Waals surface area (Å²) in [5, 5.41) is 8.68. The van der Waals surface area contributed by atoms with Crippen molar-refractivity contribution in [3.05, 3.63) is 17.5 Å². The molecule has 0 spiro atoms. The molecule has 1 aromatic heterocycles. The molecule has 3 nitrogen and oxygen atoms in total. The third-order valence-corrected chi connectivity index (χ3v) is 4.54. The van der Waals surface area contributed by atoms with E-state index < -0.39 is 0 Å². The van der Waals surface area contributed by atoms with Crippen molar-refractivity contribution in [2.75, 3.05) is 6.54 Å². The monoisotopic (exact) mass is 277 g/mol. The predicted molar refractivity (Wildman–Crippen MR) is 85.2 cm³/mol. The van der Waals surface area contributed by atoms with E-state index in [2.05, 4.69) is 36.8 Å². The Bertz CT molecular complexity index is 397. The molecule has 1 N–H and O–H groups in total. The molecule has 1 fully saturated rings. The first kappa shape index (κ1) is 15.6. The van der Waals surface area contributed by atoms with Crippen molar-refractivity contribution in [1.82, 2.24) is 15.1 Å². The van der Waals surface area contributed by atoms with Crippen LogP contribution >= 0.6 is 0 Å². The van der Waals surface area contributed by atoms with Gasteiger partial charge in [-0.05, 0) is 44.7 Å². The lowest BCUT2D eigenvalue weighted by Crippen LogP contribution is -2.38. The highest BCUT2D eigenvalue weighted by atomic mass is 15.3. The summed E-state index contributed by atoms with van der Waals surface area (Å²) in [5.74, 6) is 0. The van der Waals surface area contributed by atoms with E-state index in [1.807, 2.05) is 0 Å². The molecule has 0 saturated heterocycles. The van der Waals surface area contributed by atoms with Gasteiger partial charge >= 0.3 is 0 Å². The van der Waals surface area contributed by atoms with Gasteiger partial charge in [0.15, 0.2) is 0 Å². The van der Waals surface area contributed by atoms with Gasteiger partial charge in [-0.15, -0.1) is 0 Å². The van der Waals surface area contributed by atoms with Crippen molar-refractivity contribution in [1.29, 1.82) is 0 Å². The molecule has 0 aliphatic heterocycles. The minimum Gasteiger partial charge on any atom is -0.312 e. The van der Waals surface area contributed by atoms with Crippen molar-refractivity contribution in [3.8, 4) is 0 Å². The van der Waals surface area contributed by atoms with E-state index in [0.717, 1.165) is 19.4 Å². The summed E-state index contributed by atoms with van der Waals surface area (Å²) < 4.78 is 2.36. The molecule has 1 aliphatic carbocycles. The zero-order valence-electron chi connectivity index (χ0n) is 13.5. The highest BCUT2D eigenvalue weighted by Crippen LogP contribution is 2.29. The van der Waals surface area contributed by atoms with Crippen LogP contribution in [0.25, 0.3) is 0 Å². The van der Waals surface area contributed by atoms with Crippen molar-refractivity contribution in [2.45, 2.75) is 84.2 Å². The number of aryl methyl sites for hydroxylation is 2. The molecule has 0 amide bonds. The summed E-state index contributed by atoms with van der Waals surface area (Å²) in [7, 11) is 0. The second kappa shape index (κ2) is 7.82. The van der Waals surface area contributed by atoms with Crippen molar-refractivity contribution < 1.29 is 0 Å². The number of hydrogen-bond acceptors (Lipinski definition) is 2. The number of rotatable bonds is 6. The van der Waals surface area contributed by atoms with Gasteiger partial charge in [0.2, 0.25) is 0 Å². The molecule has 20 heavy (non-hydrogen) atoms. The van der Waals surface area contributed by atoms with E-state index in [1.165, 1.54) is 49.9 Å². The van der Waals surface area contributed by atoms with E-state index in [4.69, 9.17) is 5.10 Å². The summed E-state index contributed by atoms with van der Waals surface area (Å²) >= 11 is 0. The predicted octanol–water partition coefficient (Wildman–Crippen LogP) is 3.88.